The lowest BCUT2D eigenvalue weighted by molar-refractivity contribution is 0.248. The monoisotopic (exact) mass is 483 g/mol. The maximum absolute atomic E-state index is 13.8. The van der Waals surface area contributed by atoms with Crippen molar-refractivity contribution in [3.8, 4) is 22.8 Å². The van der Waals surface area contributed by atoms with Crippen molar-refractivity contribution in [2.24, 2.45) is 10.7 Å². The molecule has 0 unspecified atom stereocenters. The zero-order chi connectivity index (χ0) is 30.3. The normalized spacial score (nSPS) is 15.9. The molecule has 0 saturated heterocycles. The predicted octanol–water partition coefficient (Wildman–Crippen LogP) is 2.72. The molecule has 184 valence electrons. The summed E-state index contributed by atoms with van der Waals surface area (Å²) in [7, 11) is -5.73. The third-order valence-electron chi connectivity index (χ3n) is 6.06. The predicted molar refractivity (Wildman–Crippen MR) is 134 cm³/mol. The Kier molecular flexibility index (Phi) is 4.83. The van der Waals surface area contributed by atoms with Crippen molar-refractivity contribution in [2.45, 2.75) is 40.3 Å². The fourth-order valence-electron chi connectivity index (χ4n) is 4.56. The van der Waals surface area contributed by atoms with E-state index in [0.717, 1.165) is 16.7 Å². The molecule has 0 bridgehead atoms. The summed E-state index contributed by atoms with van der Waals surface area (Å²) in [6.07, 6.45) is 0.333. The van der Waals surface area contributed by atoms with E-state index < -0.39 is 25.8 Å². The summed E-state index contributed by atoms with van der Waals surface area (Å²) in [6.45, 7) is 6.25. The Morgan fingerprint density at radius 1 is 1.11 bits per heavy atom. The molecular weight excluding hydrogens is 446 g/mol. The minimum absolute atomic E-state index is 0.0892. The molecule has 0 fully saturated rings. The molecule has 2 amide bonds. The average molecular weight is 484 g/mol. The van der Waals surface area contributed by atoms with Crippen LogP contribution in [0.2, 0.25) is 0 Å². The molecule has 4 rings (SSSR count). The van der Waals surface area contributed by atoms with Gasteiger partial charge in [0.1, 0.15) is 5.49 Å². The standard InChI is InChI=1S/C26H31N5O4/c1-15-10-16(2)24(17(3)11-15)29-23-14-20-19-13-22(35-5)21(34-4)12-18(19)6-8-30(20)26(33)31(23)9-7-28-25(27)32/h10-14H,6-9H2,1-5H3,(H3,27,28,32)/b29-23+/i4D3,5D3. The van der Waals surface area contributed by atoms with Crippen molar-refractivity contribution in [1.82, 2.24) is 14.5 Å². The first-order chi connectivity index (χ1) is 19.0. The van der Waals surface area contributed by atoms with E-state index in [2.05, 4.69) is 5.32 Å². The molecule has 0 saturated carbocycles. The second-order valence-corrected chi connectivity index (χ2v) is 8.53. The van der Waals surface area contributed by atoms with Crippen LogP contribution in [-0.2, 0) is 19.5 Å². The molecule has 0 spiro atoms. The van der Waals surface area contributed by atoms with Gasteiger partial charge in [-0.25, -0.2) is 14.6 Å². The Morgan fingerprint density at radius 3 is 2.46 bits per heavy atom. The van der Waals surface area contributed by atoms with Gasteiger partial charge in [-0.05, 0) is 56.0 Å². The smallest absolute Gasteiger partial charge is 0.330 e. The van der Waals surface area contributed by atoms with Gasteiger partial charge in [0.2, 0.25) is 0 Å². The fraction of sp³-hybridized carbons (Fsp3) is 0.346. The summed E-state index contributed by atoms with van der Waals surface area (Å²) in [6, 6.07) is 7.74. The molecule has 3 aromatic rings. The number of aryl methyl sites for hydroxylation is 4. The van der Waals surface area contributed by atoms with E-state index in [1.54, 1.807) is 6.07 Å². The van der Waals surface area contributed by atoms with Crippen LogP contribution in [0.5, 0.6) is 11.5 Å². The Morgan fingerprint density at radius 2 is 1.80 bits per heavy atom. The number of rotatable bonds is 6. The van der Waals surface area contributed by atoms with E-state index in [-0.39, 0.29) is 31.1 Å². The van der Waals surface area contributed by atoms with Crippen molar-refractivity contribution < 1.29 is 22.5 Å². The molecule has 35 heavy (non-hydrogen) atoms. The number of nitrogens with zero attached hydrogens (tertiary/aromatic N) is 3. The van der Waals surface area contributed by atoms with Gasteiger partial charge >= 0.3 is 11.7 Å². The maximum atomic E-state index is 13.8. The first kappa shape index (κ1) is 17.4. The van der Waals surface area contributed by atoms with E-state index in [4.69, 9.17) is 28.4 Å². The maximum Gasteiger partial charge on any atom is 0.330 e. The van der Waals surface area contributed by atoms with Gasteiger partial charge in [-0.2, -0.15) is 0 Å². The number of methoxy groups -OCH3 is 2. The highest BCUT2D eigenvalue weighted by Crippen LogP contribution is 2.37. The van der Waals surface area contributed by atoms with Crippen molar-refractivity contribution in [2.75, 3.05) is 20.6 Å². The highest BCUT2D eigenvalue weighted by Gasteiger charge is 2.22. The van der Waals surface area contributed by atoms with Crippen molar-refractivity contribution in [3.05, 3.63) is 68.6 Å². The summed E-state index contributed by atoms with van der Waals surface area (Å²) in [5.41, 5.74) is 10.2. The number of hydrogen-bond acceptors (Lipinski definition) is 5. The molecule has 1 aliphatic heterocycles. The van der Waals surface area contributed by atoms with E-state index in [1.807, 2.05) is 32.9 Å². The molecule has 0 radical (unpaired) electrons. The number of nitrogens with two attached hydrogens (primary N) is 1. The first-order valence-electron chi connectivity index (χ1n) is 14.1. The second kappa shape index (κ2) is 9.69. The minimum atomic E-state index is -2.89. The van der Waals surface area contributed by atoms with Crippen LogP contribution in [0.4, 0.5) is 10.5 Å². The van der Waals surface area contributed by atoms with Crippen LogP contribution in [0, 0.1) is 20.8 Å². The lowest BCUT2D eigenvalue weighted by Gasteiger charge is -2.24. The number of amides is 2. The number of benzene rings is 2. The lowest BCUT2D eigenvalue weighted by Crippen LogP contribution is -2.44. The lowest BCUT2D eigenvalue weighted by atomic mass is 9.97. The zero-order valence-electron chi connectivity index (χ0n) is 25.8. The minimum Gasteiger partial charge on any atom is -0.493 e. The van der Waals surface area contributed by atoms with Crippen LogP contribution in [0.3, 0.4) is 0 Å². The molecule has 1 aliphatic rings. The first-order valence-corrected chi connectivity index (χ1v) is 11.1. The number of urea groups is 1. The summed E-state index contributed by atoms with van der Waals surface area (Å²) in [4.78, 5) is 29.9. The van der Waals surface area contributed by atoms with Gasteiger partial charge in [0.15, 0.2) is 11.5 Å². The van der Waals surface area contributed by atoms with Crippen LogP contribution in [-0.4, -0.2) is 35.8 Å². The molecule has 0 atom stereocenters. The van der Waals surface area contributed by atoms with Crippen LogP contribution in [0.1, 0.15) is 30.5 Å². The van der Waals surface area contributed by atoms with Crippen molar-refractivity contribution in [3.63, 3.8) is 0 Å². The fourth-order valence-corrected chi connectivity index (χ4v) is 4.56. The molecular formula is C26H31N5O4. The molecule has 2 aromatic carbocycles. The second-order valence-electron chi connectivity index (χ2n) is 8.53. The van der Waals surface area contributed by atoms with Gasteiger partial charge in [0.25, 0.3) is 0 Å². The zero-order valence-corrected chi connectivity index (χ0v) is 19.8. The Labute approximate surface area is 212 Å². The highest BCUT2D eigenvalue weighted by atomic mass is 16.5. The summed E-state index contributed by atoms with van der Waals surface area (Å²) < 4.78 is 58.3. The molecule has 9 nitrogen and oxygen atoms in total. The van der Waals surface area contributed by atoms with Crippen LogP contribution < -0.4 is 31.7 Å². The van der Waals surface area contributed by atoms with Crippen molar-refractivity contribution in [1.29, 1.82) is 0 Å². The summed E-state index contributed by atoms with van der Waals surface area (Å²) in [5, 5.41) is 2.49. The number of aromatic nitrogens is 2. The number of hydrogen-bond donors (Lipinski definition) is 2. The Hall–Kier alpha value is -4.01. The number of ether oxygens (including phenoxy) is 2. The topological polar surface area (TPSA) is 113 Å². The number of nitrogens with one attached hydrogen (secondary N) is 1. The van der Waals surface area contributed by atoms with Crippen molar-refractivity contribution >= 4 is 11.7 Å². The van der Waals surface area contributed by atoms with Gasteiger partial charge in [-0.15, -0.1) is 0 Å². The molecule has 0 aliphatic carbocycles. The molecule has 1 aromatic heterocycles. The van der Waals surface area contributed by atoms with Gasteiger partial charge in [0.05, 0.1) is 33.7 Å². The number of carbonyl (C=O) groups excluding carboxylic acids is 1. The van der Waals surface area contributed by atoms with E-state index in [9.17, 15) is 9.59 Å². The van der Waals surface area contributed by atoms with Crippen LogP contribution in [0.25, 0.3) is 11.3 Å². The SMILES string of the molecule is [2H]C([2H])([2H])Oc1cc2c(cc1OC([2H])([2H])[2H])-c1c/c(=N\c3c(C)cc(C)cc3C)n(CCNC(N)=O)c(=O)n1CC2. The Balaban J connectivity index is 1.98. The van der Waals surface area contributed by atoms with E-state index in [1.165, 1.54) is 21.3 Å². The molecule has 2 heterocycles. The number of carbonyl (C=O) groups is 1. The van der Waals surface area contributed by atoms with Gasteiger partial charge in [-0.1, -0.05) is 17.7 Å². The molecule has 9 heteroatoms. The van der Waals surface area contributed by atoms with E-state index in [0.29, 0.717) is 34.4 Å². The number of primary amides is 1. The largest absolute Gasteiger partial charge is 0.493 e. The third kappa shape index (κ3) is 4.66. The number of fused-ring (bicyclic) bond motifs is 3. The van der Waals surface area contributed by atoms with Gasteiger partial charge in [0, 0.05) is 31.3 Å². The highest BCUT2D eigenvalue weighted by molar-refractivity contribution is 5.71. The van der Waals surface area contributed by atoms with Gasteiger partial charge < -0.3 is 20.5 Å². The quantitative estimate of drug-likeness (QED) is 0.561. The third-order valence-corrected chi connectivity index (χ3v) is 6.06. The van der Waals surface area contributed by atoms with Crippen LogP contribution >= 0.6 is 0 Å². The van der Waals surface area contributed by atoms with E-state index >= 15 is 0 Å². The molecule has 3 N–H and O–H groups in total. The van der Waals surface area contributed by atoms with Crippen LogP contribution in [0.15, 0.2) is 40.1 Å². The average Bonchev–Trinajstić information content (AvgIpc) is 2.81. The summed E-state index contributed by atoms with van der Waals surface area (Å²) in [5.74, 6) is -0.540. The van der Waals surface area contributed by atoms with Gasteiger partial charge in [-0.3, -0.25) is 9.13 Å². The summed E-state index contributed by atoms with van der Waals surface area (Å²) >= 11 is 0. The Bertz CT molecular complexity index is 1620.